The van der Waals surface area contributed by atoms with Gasteiger partial charge in [0.1, 0.15) is 24.4 Å². The highest BCUT2D eigenvalue weighted by Crippen LogP contribution is 2.69. The van der Waals surface area contributed by atoms with Crippen LogP contribution in [-0.4, -0.2) is 132 Å². The Hall–Kier alpha value is -4.06. The van der Waals surface area contributed by atoms with E-state index in [-0.39, 0.29) is 120 Å². The maximum atomic E-state index is 13.5. The van der Waals surface area contributed by atoms with Crippen LogP contribution >= 0.6 is 0 Å². The van der Waals surface area contributed by atoms with E-state index in [1.54, 1.807) is 24.3 Å². The quantitative estimate of drug-likeness (QED) is 0.123. The van der Waals surface area contributed by atoms with Crippen molar-refractivity contribution in [3.05, 3.63) is 47.6 Å². The molecule has 370 valence electrons. The summed E-state index contributed by atoms with van der Waals surface area (Å²) in [5, 5.41) is 46.9. The summed E-state index contributed by atoms with van der Waals surface area (Å²) >= 11 is 0. The number of carbonyl (C=O) groups excluding carboxylic acids is 6. The van der Waals surface area contributed by atoms with E-state index in [1.807, 2.05) is 26.0 Å². The first-order valence-electron chi connectivity index (χ1n) is 23.7. The van der Waals surface area contributed by atoms with Gasteiger partial charge in [-0.1, -0.05) is 58.4 Å². The number of Topliss-reactive ketones (excluding diaryl/α,β-unsaturated/α-hetero) is 2. The number of aliphatic hydroxyl groups excluding tert-OH is 2. The van der Waals surface area contributed by atoms with E-state index in [1.165, 1.54) is 0 Å². The molecule has 14 atom stereocenters. The van der Waals surface area contributed by atoms with Crippen LogP contribution in [0.4, 0.5) is 9.59 Å². The maximum Gasteiger partial charge on any atom is 0.508 e. The van der Waals surface area contributed by atoms with Gasteiger partial charge in [0.25, 0.3) is 0 Å². The molecule has 0 saturated heterocycles. The second-order valence-electron chi connectivity index (χ2n) is 21.1. The molecule has 67 heavy (non-hydrogen) atoms. The summed E-state index contributed by atoms with van der Waals surface area (Å²) in [5.41, 5.74) is -4.36. The van der Waals surface area contributed by atoms with Crippen LogP contribution in [0.1, 0.15) is 99.3 Å². The van der Waals surface area contributed by atoms with Gasteiger partial charge >= 0.3 is 12.3 Å². The SMILES string of the molecule is C.C[C@]12C=CC(=O)C=C1CC[C@@H]1[C@@H]2[C@@H](O)C[C@@]2(C)[C@H]1CC[C@]2(O)C(=O)COC(=O)OCCOCCOCCOC(=O)OCC(=O)[C@@]1(O)CC[C@H]2[C@@H]3CCC4=CC(=O)C=C[C@]4(C)[C@H]3[C@@H](O)C[C@@]21C. The molecule has 6 saturated carbocycles. The van der Waals surface area contributed by atoms with Crippen molar-refractivity contribution in [3.8, 4) is 0 Å². The number of allylic oxidation sites excluding steroid dienone is 8. The van der Waals surface area contributed by atoms with E-state index in [2.05, 4.69) is 13.8 Å². The molecule has 4 N–H and O–H groups in total. The Morgan fingerprint density at radius 2 is 0.955 bits per heavy atom. The topological polar surface area (TPSA) is 239 Å². The van der Waals surface area contributed by atoms with E-state index in [0.29, 0.717) is 25.7 Å². The predicted molar refractivity (Wildman–Crippen MR) is 239 cm³/mol. The number of rotatable bonds is 15. The molecular weight excluding hydrogens is 869 g/mol. The van der Waals surface area contributed by atoms with Gasteiger partial charge in [-0.25, -0.2) is 9.59 Å². The molecule has 8 aliphatic carbocycles. The van der Waals surface area contributed by atoms with Gasteiger partial charge in [-0.05, 0) is 112 Å². The van der Waals surface area contributed by atoms with E-state index in [4.69, 9.17) is 28.4 Å². The van der Waals surface area contributed by atoms with Crippen LogP contribution in [0.25, 0.3) is 0 Å². The van der Waals surface area contributed by atoms with Gasteiger partial charge in [0.2, 0.25) is 11.6 Å². The molecule has 0 amide bonds. The van der Waals surface area contributed by atoms with Crippen LogP contribution < -0.4 is 0 Å². The fraction of sp³-hybridized carbons (Fsp3) is 0.725. The Labute approximate surface area is 392 Å². The zero-order valence-corrected chi connectivity index (χ0v) is 38.5. The third-order valence-corrected chi connectivity index (χ3v) is 18.1. The summed E-state index contributed by atoms with van der Waals surface area (Å²) in [5.74, 6) is -1.68. The molecule has 0 unspecified atom stereocenters. The molecule has 0 radical (unpaired) electrons. The van der Waals surface area contributed by atoms with Gasteiger partial charge in [0, 0.05) is 33.5 Å². The molecule has 0 aliphatic heterocycles. The first kappa shape index (κ1) is 50.8. The minimum Gasteiger partial charge on any atom is -0.432 e. The molecule has 16 nitrogen and oxygen atoms in total. The number of ketones is 4. The number of hydrogen-bond acceptors (Lipinski definition) is 16. The summed E-state index contributed by atoms with van der Waals surface area (Å²) < 4.78 is 31.1. The third kappa shape index (κ3) is 8.59. The second-order valence-corrected chi connectivity index (χ2v) is 21.1. The van der Waals surface area contributed by atoms with Gasteiger partial charge in [0.05, 0.1) is 38.6 Å². The number of ether oxygens (including phenoxy) is 6. The minimum absolute atomic E-state index is 0. The third-order valence-electron chi connectivity index (χ3n) is 18.1. The zero-order valence-electron chi connectivity index (χ0n) is 38.5. The van der Waals surface area contributed by atoms with Gasteiger partial charge in [-0.15, -0.1) is 0 Å². The highest BCUT2D eigenvalue weighted by molar-refractivity contribution is 6.01. The number of hydrogen-bond donors (Lipinski definition) is 4. The van der Waals surface area contributed by atoms with Crippen LogP contribution in [0.5, 0.6) is 0 Å². The molecular formula is C51H70O16. The van der Waals surface area contributed by atoms with Crippen LogP contribution in [0.2, 0.25) is 0 Å². The molecule has 8 rings (SSSR count). The average molecular weight is 939 g/mol. The average Bonchev–Trinajstić information content (AvgIpc) is 3.70. The van der Waals surface area contributed by atoms with Crippen LogP contribution in [0, 0.1) is 57.2 Å². The Bertz CT molecular complexity index is 1960. The predicted octanol–water partition coefficient (Wildman–Crippen LogP) is 5.12. The smallest absolute Gasteiger partial charge is 0.432 e. The molecule has 8 aliphatic rings. The summed E-state index contributed by atoms with van der Waals surface area (Å²) in [7, 11) is 0. The van der Waals surface area contributed by atoms with Crippen LogP contribution in [-0.2, 0) is 47.6 Å². The molecule has 0 heterocycles. The number of carbonyl (C=O) groups is 6. The normalized spacial score (nSPS) is 41.1. The van der Waals surface area contributed by atoms with Crippen molar-refractivity contribution in [2.24, 2.45) is 57.2 Å². The van der Waals surface area contributed by atoms with Crippen molar-refractivity contribution in [3.63, 3.8) is 0 Å². The van der Waals surface area contributed by atoms with Gasteiger partial charge in [0.15, 0.2) is 24.8 Å². The monoisotopic (exact) mass is 938 g/mol. The lowest BCUT2D eigenvalue weighted by Crippen LogP contribution is -2.61. The number of fused-ring (bicyclic) bond motifs is 10. The van der Waals surface area contributed by atoms with Crippen LogP contribution in [0.15, 0.2) is 47.6 Å². The highest BCUT2D eigenvalue weighted by Gasteiger charge is 2.70. The van der Waals surface area contributed by atoms with Gasteiger partial charge < -0.3 is 48.8 Å². The molecule has 6 fully saturated rings. The minimum atomic E-state index is -1.80. The molecule has 16 heteroatoms. The standard InChI is InChI=1S/C50H66O16.CH4/c1-45-13-9-31(51)23-29(45)5-7-33-35-11-15-49(59,47(35,3)25-37(53)41(33)45)39(55)27-65-43(57)63-21-19-61-17-18-62-20-22-64-44(58)66-28-40(56)50(60)16-12-36-34-8-6-30-24-32(52)10-14-46(30,2)42(34)38(54)26-48(36,50)4;/h9-10,13-14,23-24,33-38,41-42,53-54,59-60H,5-8,11-12,15-22,25-28H2,1-4H3;1H4/t33-,34-,35-,36-,37-,38-,41+,42+,45-,46-,47-,48-,49-,50-;/m0./s1. The summed E-state index contributed by atoms with van der Waals surface area (Å²) in [6.45, 7) is 6.31. The van der Waals surface area contributed by atoms with Crippen molar-refractivity contribution in [2.45, 2.75) is 123 Å². The summed E-state index contributed by atoms with van der Waals surface area (Å²) in [4.78, 5) is 75.9. The number of aliphatic hydroxyl groups is 4. The zero-order chi connectivity index (χ0) is 47.5. The lowest BCUT2D eigenvalue weighted by molar-refractivity contribution is -0.179. The highest BCUT2D eigenvalue weighted by atomic mass is 16.7. The molecule has 0 aromatic heterocycles. The fourth-order valence-corrected chi connectivity index (χ4v) is 14.8. The van der Waals surface area contributed by atoms with Crippen molar-refractivity contribution in [1.29, 1.82) is 0 Å². The lowest BCUT2D eigenvalue weighted by atomic mass is 9.46. The Kier molecular flexibility index (Phi) is 14.4. The molecule has 0 spiro atoms. The van der Waals surface area contributed by atoms with Gasteiger partial charge in [-0.3, -0.25) is 19.2 Å². The Morgan fingerprint density at radius 3 is 1.34 bits per heavy atom. The van der Waals surface area contributed by atoms with E-state index >= 15 is 0 Å². The Morgan fingerprint density at radius 1 is 0.582 bits per heavy atom. The molecule has 0 aromatic carbocycles. The summed E-state index contributed by atoms with van der Waals surface area (Å²) in [6.07, 6.45) is 11.4. The van der Waals surface area contributed by atoms with E-state index in [0.717, 1.165) is 24.0 Å². The first-order chi connectivity index (χ1) is 31.2. The second kappa shape index (κ2) is 19.0. The van der Waals surface area contributed by atoms with Crippen molar-refractivity contribution < 1.29 is 77.6 Å². The van der Waals surface area contributed by atoms with E-state index in [9.17, 15) is 49.2 Å². The summed E-state index contributed by atoms with van der Waals surface area (Å²) in [6, 6.07) is 0. The lowest BCUT2D eigenvalue weighted by Gasteiger charge is -2.59. The maximum absolute atomic E-state index is 13.5. The first-order valence-corrected chi connectivity index (χ1v) is 23.7. The van der Waals surface area contributed by atoms with Crippen molar-refractivity contribution in [2.75, 3.05) is 52.9 Å². The largest absolute Gasteiger partial charge is 0.508 e. The van der Waals surface area contributed by atoms with Crippen molar-refractivity contribution in [1.82, 2.24) is 0 Å². The Balaban J connectivity index is 0.00000666. The molecule has 0 bridgehead atoms. The van der Waals surface area contributed by atoms with Crippen molar-refractivity contribution >= 4 is 35.4 Å². The fourth-order valence-electron chi connectivity index (χ4n) is 14.8. The molecule has 0 aromatic rings. The van der Waals surface area contributed by atoms with Gasteiger partial charge in [-0.2, -0.15) is 0 Å². The van der Waals surface area contributed by atoms with Crippen LogP contribution in [0.3, 0.4) is 0 Å². The van der Waals surface area contributed by atoms with E-state index < -0.39 is 82.2 Å².